The number of aliphatic hydroxyl groups is 1. The number of hydrogen-bond donors (Lipinski definition) is 1. The number of rotatable bonds is 3. The molecular weight excluding hydrogens is 184 g/mol. The minimum Gasteiger partial charge on any atom is -0.395 e. The summed E-state index contributed by atoms with van der Waals surface area (Å²) in [5.74, 6) is 0. The first-order valence-corrected chi connectivity index (χ1v) is 5.34. The summed E-state index contributed by atoms with van der Waals surface area (Å²) >= 11 is 0. The van der Waals surface area contributed by atoms with Gasteiger partial charge in [-0.05, 0) is 18.4 Å². The van der Waals surface area contributed by atoms with Gasteiger partial charge in [0, 0.05) is 5.41 Å². The van der Waals surface area contributed by atoms with Crippen LogP contribution in [0.4, 0.5) is 0 Å². The maximum Gasteiger partial charge on any atom is 0.0528 e. The molecule has 1 heteroatoms. The first-order valence-electron chi connectivity index (χ1n) is 5.34. The SMILES string of the molecule is OCC1(Cc2ccccc2)C=CC=CC1. The summed E-state index contributed by atoms with van der Waals surface area (Å²) in [6, 6.07) is 10.3. The third-order valence-corrected chi connectivity index (χ3v) is 2.94. The van der Waals surface area contributed by atoms with Crippen LogP contribution in [0, 0.1) is 5.41 Å². The highest BCUT2D eigenvalue weighted by Gasteiger charge is 2.26. The van der Waals surface area contributed by atoms with Gasteiger partial charge in [0.1, 0.15) is 0 Å². The molecular formula is C14H16O. The van der Waals surface area contributed by atoms with Crippen molar-refractivity contribution in [2.24, 2.45) is 5.41 Å². The van der Waals surface area contributed by atoms with Gasteiger partial charge in [0.2, 0.25) is 0 Å². The summed E-state index contributed by atoms with van der Waals surface area (Å²) in [7, 11) is 0. The molecule has 1 aliphatic carbocycles. The molecule has 1 aliphatic rings. The quantitative estimate of drug-likeness (QED) is 0.795. The zero-order chi connectivity index (χ0) is 10.6. The van der Waals surface area contributed by atoms with Crippen molar-refractivity contribution in [1.82, 2.24) is 0 Å². The highest BCUT2D eigenvalue weighted by molar-refractivity contribution is 5.23. The van der Waals surface area contributed by atoms with Gasteiger partial charge in [-0.3, -0.25) is 0 Å². The zero-order valence-corrected chi connectivity index (χ0v) is 8.76. The number of allylic oxidation sites excluding steroid dienone is 3. The Labute approximate surface area is 90.8 Å². The van der Waals surface area contributed by atoms with Crippen molar-refractivity contribution < 1.29 is 5.11 Å². The highest BCUT2D eigenvalue weighted by atomic mass is 16.3. The molecule has 0 saturated heterocycles. The maximum atomic E-state index is 9.52. The third kappa shape index (κ3) is 2.37. The molecule has 0 fully saturated rings. The lowest BCUT2D eigenvalue weighted by molar-refractivity contribution is 0.169. The average molecular weight is 200 g/mol. The first-order chi connectivity index (χ1) is 7.35. The molecule has 78 valence electrons. The van der Waals surface area contributed by atoms with Crippen molar-refractivity contribution in [3.63, 3.8) is 0 Å². The highest BCUT2D eigenvalue weighted by Crippen LogP contribution is 2.31. The van der Waals surface area contributed by atoms with E-state index in [0.29, 0.717) is 0 Å². The van der Waals surface area contributed by atoms with E-state index in [1.165, 1.54) is 5.56 Å². The van der Waals surface area contributed by atoms with Crippen molar-refractivity contribution >= 4 is 0 Å². The molecule has 2 rings (SSSR count). The normalized spacial score (nSPS) is 24.3. The Morgan fingerprint density at radius 1 is 1.13 bits per heavy atom. The van der Waals surface area contributed by atoms with E-state index in [9.17, 15) is 5.11 Å². The van der Waals surface area contributed by atoms with E-state index in [1.807, 2.05) is 30.4 Å². The fourth-order valence-electron chi connectivity index (χ4n) is 2.02. The molecule has 1 aromatic rings. The lowest BCUT2D eigenvalue weighted by Gasteiger charge is -2.29. The second-order valence-corrected chi connectivity index (χ2v) is 4.17. The Balaban J connectivity index is 2.15. The van der Waals surface area contributed by atoms with Gasteiger partial charge in [-0.2, -0.15) is 0 Å². The Morgan fingerprint density at radius 3 is 2.53 bits per heavy atom. The third-order valence-electron chi connectivity index (χ3n) is 2.94. The topological polar surface area (TPSA) is 20.2 Å². The molecule has 1 nitrogen and oxygen atoms in total. The predicted octanol–water partition coefficient (Wildman–Crippen LogP) is 2.72. The monoisotopic (exact) mass is 200 g/mol. The van der Waals surface area contributed by atoms with Crippen LogP contribution < -0.4 is 0 Å². The molecule has 0 radical (unpaired) electrons. The van der Waals surface area contributed by atoms with Crippen LogP contribution in [0.15, 0.2) is 54.6 Å². The lowest BCUT2D eigenvalue weighted by atomic mass is 9.77. The van der Waals surface area contributed by atoms with Crippen molar-refractivity contribution in [1.29, 1.82) is 0 Å². The van der Waals surface area contributed by atoms with Crippen LogP contribution in [0.5, 0.6) is 0 Å². The number of aliphatic hydroxyl groups excluding tert-OH is 1. The Bertz CT molecular complexity index is 364. The minimum atomic E-state index is -0.0872. The molecule has 0 heterocycles. The van der Waals surface area contributed by atoms with Gasteiger partial charge in [0.15, 0.2) is 0 Å². The van der Waals surface area contributed by atoms with Gasteiger partial charge in [-0.25, -0.2) is 0 Å². The second-order valence-electron chi connectivity index (χ2n) is 4.17. The lowest BCUT2D eigenvalue weighted by Crippen LogP contribution is -2.26. The average Bonchev–Trinajstić information content (AvgIpc) is 2.32. The molecule has 15 heavy (non-hydrogen) atoms. The van der Waals surface area contributed by atoms with Gasteiger partial charge in [0.05, 0.1) is 6.61 Å². The maximum absolute atomic E-state index is 9.52. The van der Waals surface area contributed by atoms with Crippen molar-refractivity contribution in [2.45, 2.75) is 12.8 Å². The van der Waals surface area contributed by atoms with Crippen LogP contribution in [0.2, 0.25) is 0 Å². The zero-order valence-electron chi connectivity index (χ0n) is 8.76. The molecule has 0 bridgehead atoms. The minimum absolute atomic E-state index is 0.0872. The first kappa shape index (κ1) is 10.2. The van der Waals surface area contributed by atoms with Gasteiger partial charge in [-0.1, -0.05) is 54.6 Å². The van der Waals surface area contributed by atoms with E-state index in [4.69, 9.17) is 0 Å². The summed E-state index contributed by atoms with van der Waals surface area (Å²) in [5.41, 5.74) is 1.20. The fourth-order valence-corrected chi connectivity index (χ4v) is 2.02. The Kier molecular flexibility index (Phi) is 3.02. The summed E-state index contributed by atoms with van der Waals surface area (Å²) in [5, 5.41) is 9.52. The van der Waals surface area contributed by atoms with Gasteiger partial charge < -0.3 is 5.11 Å². The fraction of sp³-hybridized carbons (Fsp3) is 0.286. The van der Waals surface area contributed by atoms with Gasteiger partial charge in [0.25, 0.3) is 0 Å². The number of hydrogen-bond acceptors (Lipinski definition) is 1. The van der Waals surface area contributed by atoms with Crippen LogP contribution in [0.25, 0.3) is 0 Å². The molecule has 0 aromatic heterocycles. The molecule has 1 aromatic carbocycles. The van der Waals surface area contributed by atoms with E-state index >= 15 is 0 Å². The molecule has 0 aliphatic heterocycles. The van der Waals surface area contributed by atoms with E-state index < -0.39 is 0 Å². The second kappa shape index (κ2) is 4.45. The molecule has 1 N–H and O–H groups in total. The predicted molar refractivity (Wildman–Crippen MR) is 62.6 cm³/mol. The molecule has 0 saturated carbocycles. The molecule has 1 atom stereocenters. The standard InChI is InChI=1S/C14H16O/c15-12-14(9-5-2-6-10-14)11-13-7-3-1-4-8-13/h1-9,15H,10-12H2. The van der Waals surface area contributed by atoms with Crippen molar-refractivity contribution in [3.05, 3.63) is 60.2 Å². The van der Waals surface area contributed by atoms with Gasteiger partial charge in [-0.15, -0.1) is 0 Å². The van der Waals surface area contributed by atoms with E-state index in [-0.39, 0.29) is 12.0 Å². The summed E-state index contributed by atoms with van der Waals surface area (Å²) < 4.78 is 0. The summed E-state index contributed by atoms with van der Waals surface area (Å²) in [6.07, 6.45) is 10.2. The van der Waals surface area contributed by atoms with E-state index in [2.05, 4.69) is 24.3 Å². The van der Waals surface area contributed by atoms with Crippen LogP contribution in [-0.4, -0.2) is 11.7 Å². The van der Waals surface area contributed by atoms with E-state index in [1.54, 1.807) is 0 Å². The van der Waals surface area contributed by atoms with Crippen LogP contribution in [-0.2, 0) is 6.42 Å². The number of benzene rings is 1. The molecule has 0 amide bonds. The largest absolute Gasteiger partial charge is 0.395 e. The van der Waals surface area contributed by atoms with Crippen LogP contribution in [0.3, 0.4) is 0 Å². The summed E-state index contributed by atoms with van der Waals surface area (Å²) in [6.45, 7) is 0.211. The summed E-state index contributed by atoms with van der Waals surface area (Å²) in [4.78, 5) is 0. The Hall–Kier alpha value is -1.34. The molecule has 0 spiro atoms. The van der Waals surface area contributed by atoms with Crippen molar-refractivity contribution in [3.8, 4) is 0 Å². The van der Waals surface area contributed by atoms with Crippen LogP contribution in [0.1, 0.15) is 12.0 Å². The van der Waals surface area contributed by atoms with Gasteiger partial charge >= 0.3 is 0 Å². The smallest absolute Gasteiger partial charge is 0.0528 e. The van der Waals surface area contributed by atoms with Crippen LogP contribution >= 0.6 is 0 Å². The van der Waals surface area contributed by atoms with Crippen molar-refractivity contribution in [2.75, 3.05) is 6.61 Å². The molecule has 1 unspecified atom stereocenters. The van der Waals surface area contributed by atoms with E-state index in [0.717, 1.165) is 12.8 Å². The Morgan fingerprint density at radius 2 is 1.93 bits per heavy atom.